The van der Waals surface area contributed by atoms with Crippen LogP contribution in [0.25, 0.3) is 5.69 Å². The molecule has 2 aromatic rings. The summed E-state index contributed by atoms with van der Waals surface area (Å²) in [5, 5.41) is 4.48. The van der Waals surface area contributed by atoms with E-state index in [1.54, 1.807) is 16.8 Å². The highest BCUT2D eigenvalue weighted by Crippen LogP contribution is 2.30. The Hall–Kier alpha value is -1.92. The highest BCUT2D eigenvalue weighted by atomic mass is 35.5. The molecule has 1 fully saturated rings. The van der Waals surface area contributed by atoms with Crippen molar-refractivity contribution in [1.29, 1.82) is 0 Å². The lowest BCUT2D eigenvalue weighted by Gasteiger charge is -2.22. The number of rotatable bonds is 3. The first-order valence-electron chi connectivity index (χ1n) is 8.16. The summed E-state index contributed by atoms with van der Waals surface area (Å²) in [7, 11) is 0. The lowest BCUT2D eigenvalue weighted by atomic mass is 9.90. The molecule has 1 aliphatic rings. The normalized spacial score (nSPS) is 19.8. The molecule has 1 aromatic carbocycles. The molecular weight excluding hydrogens is 343 g/mol. The predicted molar refractivity (Wildman–Crippen MR) is 97.9 cm³/mol. The minimum atomic E-state index is -0.297. The highest BCUT2D eigenvalue weighted by Gasteiger charge is 2.36. The van der Waals surface area contributed by atoms with Gasteiger partial charge in [0, 0.05) is 13.1 Å². The maximum Gasteiger partial charge on any atom is 0.257 e. The van der Waals surface area contributed by atoms with Crippen molar-refractivity contribution >= 4 is 18.3 Å². The molecule has 25 heavy (non-hydrogen) atoms. The number of aryl methyl sites for hydroxylation is 1. The average molecular weight is 367 g/mol. The second-order valence-electron chi connectivity index (χ2n) is 6.93. The number of amides is 1. The molecule has 2 N–H and O–H groups in total. The van der Waals surface area contributed by atoms with Gasteiger partial charge in [0.25, 0.3) is 5.91 Å². The van der Waals surface area contributed by atoms with Crippen LogP contribution < -0.4 is 5.73 Å². The quantitative estimate of drug-likeness (QED) is 0.908. The van der Waals surface area contributed by atoms with E-state index in [0.29, 0.717) is 30.9 Å². The van der Waals surface area contributed by atoms with E-state index in [1.807, 2.05) is 18.7 Å². The smallest absolute Gasteiger partial charge is 0.257 e. The Balaban J connectivity index is 0.00000225. The third-order valence-electron chi connectivity index (χ3n) is 4.91. The molecule has 2 heterocycles. The highest BCUT2D eigenvalue weighted by molar-refractivity contribution is 5.96. The Bertz CT molecular complexity index is 774. The summed E-state index contributed by atoms with van der Waals surface area (Å²) in [6.45, 7) is 7.77. The molecule has 1 amide bonds. The van der Waals surface area contributed by atoms with Gasteiger partial charge in [-0.1, -0.05) is 6.92 Å². The summed E-state index contributed by atoms with van der Waals surface area (Å²) in [6, 6.07) is 6.09. The minimum absolute atomic E-state index is 0. The van der Waals surface area contributed by atoms with Crippen molar-refractivity contribution in [3.05, 3.63) is 47.0 Å². The van der Waals surface area contributed by atoms with Gasteiger partial charge in [0.1, 0.15) is 5.82 Å². The molecule has 1 unspecified atom stereocenters. The number of likely N-dealkylation sites (tertiary alicyclic amines) is 1. The largest absolute Gasteiger partial charge is 0.338 e. The van der Waals surface area contributed by atoms with E-state index < -0.39 is 0 Å². The van der Waals surface area contributed by atoms with Crippen molar-refractivity contribution in [2.24, 2.45) is 11.1 Å². The zero-order valence-corrected chi connectivity index (χ0v) is 15.6. The van der Waals surface area contributed by atoms with Crippen molar-refractivity contribution in [1.82, 2.24) is 14.7 Å². The molecule has 1 aliphatic heterocycles. The molecule has 0 aliphatic carbocycles. The Kier molecular flexibility index (Phi) is 5.54. The summed E-state index contributed by atoms with van der Waals surface area (Å²) in [5.41, 5.74) is 8.64. The zero-order valence-electron chi connectivity index (χ0n) is 14.8. The standard InChI is InChI=1S/C18H23FN4O.ClH/c1-12-16(17(24)22-9-8-18(3,10-20)11-22)13(2)23(21-12)15-6-4-14(19)5-7-15;/h4-7H,8-11,20H2,1-3H3;1H. The molecule has 3 rings (SSSR count). The Morgan fingerprint density at radius 3 is 2.52 bits per heavy atom. The van der Waals surface area contributed by atoms with Crippen LogP contribution in [0.2, 0.25) is 0 Å². The Morgan fingerprint density at radius 1 is 1.32 bits per heavy atom. The number of benzene rings is 1. The number of nitrogens with zero attached hydrogens (tertiary/aromatic N) is 3. The minimum Gasteiger partial charge on any atom is -0.338 e. The van der Waals surface area contributed by atoms with Crippen LogP contribution in [0.15, 0.2) is 24.3 Å². The van der Waals surface area contributed by atoms with Crippen molar-refractivity contribution < 1.29 is 9.18 Å². The lowest BCUT2D eigenvalue weighted by Crippen LogP contribution is -2.34. The van der Waals surface area contributed by atoms with E-state index >= 15 is 0 Å². The second-order valence-corrected chi connectivity index (χ2v) is 6.93. The van der Waals surface area contributed by atoms with E-state index in [9.17, 15) is 9.18 Å². The number of carbonyl (C=O) groups excluding carboxylic acids is 1. The van der Waals surface area contributed by atoms with Crippen LogP contribution in [0.1, 0.15) is 35.1 Å². The van der Waals surface area contributed by atoms with Crippen molar-refractivity contribution in [3.8, 4) is 5.69 Å². The van der Waals surface area contributed by atoms with Gasteiger partial charge in [0.05, 0.1) is 22.6 Å². The predicted octanol–water partition coefficient (Wildman–Crippen LogP) is 2.86. The fourth-order valence-corrected chi connectivity index (χ4v) is 3.31. The molecular formula is C18H24ClFN4O. The van der Waals surface area contributed by atoms with E-state index in [0.717, 1.165) is 17.8 Å². The van der Waals surface area contributed by atoms with Gasteiger partial charge in [-0.15, -0.1) is 12.4 Å². The molecule has 0 saturated carbocycles. The molecule has 0 spiro atoms. The van der Waals surface area contributed by atoms with Crippen molar-refractivity contribution in [2.45, 2.75) is 27.2 Å². The molecule has 1 aromatic heterocycles. The first-order chi connectivity index (χ1) is 11.3. The monoisotopic (exact) mass is 366 g/mol. The summed E-state index contributed by atoms with van der Waals surface area (Å²) >= 11 is 0. The molecule has 5 nitrogen and oxygen atoms in total. The lowest BCUT2D eigenvalue weighted by molar-refractivity contribution is 0.0775. The van der Waals surface area contributed by atoms with Crippen LogP contribution in [-0.4, -0.2) is 40.2 Å². The van der Waals surface area contributed by atoms with Crippen LogP contribution in [0, 0.1) is 25.1 Å². The van der Waals surface area contributed by atoms with Gasteiger partial charge in [-0.25, -0.2) is 9.07 Å². The van der Waals surface area contributed by atoms with Crippen LogP contribution in [0.5, 0.6) is 0 Å². The number of hydrogen-bond donors (Lipinski definition) is 1. The van der Waals surface area contributed by atoms with Gasteiger partial charge in [0.15, 0.2) is 0 Å². The van der Waals surface area contributed by atoms with Crippen LogP contribution >= 0.6 is 12.4 Å². The summed E-state index contributed by atoms with van der Waals surface area (Å²) in [5.74, 6) is -0.301. The number of carbonyl (C=O) groups is 1. The van der Waals surface area contributed by atoms with Gasteiger partial charge in [0.2, 0.25) is 0 Å². The van der Waals surface area contributed by atoms with Gasteiger partial charge in [-0.05, 0) is 56.5 Å². The SMILES string of the molecule is Cc1nn(-c2ccc(F)cc2)c(C)c1C(=O)N1CCC(C)(CN)C1.Cl. The number of aromatic nitrogens is 2. The van der Waals surface area contributed by atoms with Crippen molar-refractivity contribution in [3.63, 3.8) is 0 Å². The van der Waals surface area contributed by atoms with Crippen LogP contribution in [-0.2, 0) is 0 Å². The summed E-state index contributed by atoms with van der Waals surface area (Å²) < 4.78 is 14.8. The van der Waals surface area contributed by atoms with Crippen molar-refractivity contribution in [2.75, 3.05) is 19.6 Å². The summed E-state index contributed by atoms with van der Waals surface area (Å²) in [4.78, 5) is 14.8. The van der Waals surface area contributed by atoms with Gasteiger partial charge >= 0.3 is 0 Å². The van der Waals surface area contributed by atoms with E-state index in [2.05, 4.69) is 12.0 Å². The number of nitrogens with two attached hydrogens (primary N) is 1. The van der Waals surface area contributed by atoms with Gasteiger partial charge in [-0.3, -0.25) is 4.79 Å². The molecule has 1 saturated heterocycles. The van der Waals surface area contributed by atoms with Gasteiger partial charge in [-0.2, -0.15) is 5.10 Å². The maximum atomic E-state index is 13.1. The fourth-order valence-electron chi connectivity index (χ4n) is 3.31. The van der Waals surface area contributed by atoms with Crippen LogP contribution in [0.4, 0.5) is 4.39 Å². The molecule has 0 radical (unpaired) electrons. The maximum absolute atomic E-state index is 13.1. The molecule has 7 heteroatoms. The van der Waals surface area contributed by atoms with E-state index in [1.165, 1.54) is 12.1 Å². The second kappa shape index (κ2) is 7.14. The average Bonchev–Trinajstić information content (AvgIpc) is 3.09. The number of halogens is 2. The van der Waals surface area contributed by atoms with E-state index in [-0.39, 0.29) is 29.5 Å². The fraction of sp³-hybridized carbons (Fsp3) is 0.444. The van der Waals surface area contributed by atoms with Gasteiger partial charge < -0.3 is 10.6 Å². The topological polar surface area (TPSA) is 64.2 Å². The zero-order chi connectivity index (χ0) is 17.5. The molecule has 136 valence electrons. The first kappa shape index (κ1) is 19.4. The molecule has 1 atom stereocenters. The Labute approximate surface area is 153 Å². The summed E-state index contributed by atoms with van der Waals surface area (Å²) in [6.07, 6.45) is 0.916. The number of hydrogen-bond acceptors (Lipinski definition) is 3. The Morgan fingerprint density at radius 2 is 1.96 bits per heavy atom. The first-order valence-corrected chi connectivity index (χ1v) is 8.16. The third-order valence-corrected chi connectivity index (χ3v) is 4.91. The van der Waals surface area contributed by atoms with E-state index in [4.69, 9.17) is 5.73 Å². The molecule has 0 bridgehead atoms. The van der Waals surface area contributed by atoms with Crippen LogP contribution in [0.3, 0.4) is 0 Å². The third kappa shape index (κ3) is 3.55.